The number of halogens is 3. The highest BCUT2D eigenvalue weighted by molar-refractivity contribution is 5.74. The maximum atomic E-state index is 12.9. The second kappa shape index (κ2) is 6.24. The highest BCUT2D eigenvalue weighted by Gasteiger charge is 2.35. The van der Waals surface area contributed by atoms with Gasteiger partial charge in [0.1, 0.15) is 6.04 Å². The zero-order chi connectivity index (χ0) is 17.3. The van der Waals surface area contributed by atoms with Gasteiger partial charge < -0.3 is 5.11 Å². The summed E-state index contributed by atoms with van der Waals surface area (Å²) in [6.45, 7) is 0.417. The third-order valence-corrected chi connectivity index (χ3v) is 4.14. The molecule has 2 aromatic rings. The van der Waals surface area contributed by atoms with Crippen LogP contribution in [-0.2, 0) is 30.5 Å². The van der Waals surface area contributed by atoms with Crippen LogP contribution < -0.4 is 0 Å². The van der Waals surface area contributed by atoms with E-state index in [2.05, 4.69) is 4.98 Å². The first-order chi connectivity index (χ1) is 11.3. The number of alkyl halides is 3. The average molecular weight is 336 g/mol. The van der Waals surface area contributed by atoms with Crippen LogP contribution in [0.3, 0.4) is 0 Å². The predicted molar refractivity (Wildman–Crippen MR) is 80.1 cm³/mol. The molecule has 1 aromatic carbocycles. The minimum absolute atomic E-state index is 0.146. The number of nitrogens with zero attached hydrogens (tertiary/aromatic N) is 2. The van der Waals surface area contributed by atoms with E-state index in [1.807, 2.05) is 0 Å². The van der Waals surface area contributed by atoms with Crippen molar-refractivity contribution in [2.75, 3.05) is 0 Å². The van der Waals surface area contributed by atoms with Crippen molar-refractivity contribution in [3.05, 3.63) is 65.0 Å². The molecule has 0 aliphatic carbocycles. The molecule has 1 aliphatic rings. The average Bonchev–Trinajstić information content (AvgIpc) is 2.53. The number of rotatable bonds is 3. The van der Waals surface area contributed by atoms with E-state index in [0.29, 0.717) is 16.8 Å². The van der Waals surface area contributed by atoms with Gasteiger partial charge in [-0.3, -0.25) is 14.7 Å². The first-order valence-corrected chi connectivity index (χ1v) is 7.40. The van der Waals surface area contributed by atoms with Crippen LogP contribution in [0.2, 0.25) is 0 Å². The van der Waals surface area contributed by atoms with E-state index >= 15 is 0 Å². The minimum Gasteiger partial charge on any atom is -0.480 e. The molecule has 1 aromatic heterocycles. The van der Waals surface area contributed by atoms with Gasteiger partial charge in [0.05, 0.1) is 11.3 Å². The third-order valence-electron chi connectivity index (χ3n) is 4.14. The highest BCUT2D eigenvalue weighted by atomic mass is 19.4. The quantitative estimate of drug-likeness (QED) is 0.936. The normalized spacial score (nSPS) is 18.2. The summed E-state index contributed by atoms with van der Waals surface area (Å²) in [6, 6.07) is 8.02. The number of benzene rings is 1. The molecule has 0 radical (unpaired) electrons. The maximum absolute atomic E-state index is 12.9. The van der Waals surface area contributed by atoms with Crippen LogP contribution in [0.5, 0.6) is 0 Å². The van der Waals surface area contributed by atoms with Crippen LogP contribution in [0.15, 0.2) is 42.6 Å². The molecule has 2 heterocycles. The summed E-state index contributed by atoms with van der Waals surface area (Å²) in [6.07, 6.45) is -2.63. The topological polar surface area (TPSA) is 53.4 Å². The van der Waals surface area contributed by atoms with E-state index in [-0.39, 0.29) is 19.5 Å². The van der Waals surface area contributed by atoms with Gasteiger partial charge in [-0.2, -0.15) is 13.2 Å². The molecule has 126 valence electrons. The van der Waals surface area contributed by atoms with Crippen molar-refractivity contribution in [1.82, 2.24) is 9.88 Å². The number of carboxylic acid groups (broad SMARTS) is 1. The highest BCUT2D eigenvalue weighted by Crippen LogP contribution is 2.33. The number of hydrogen-bond donors (Lipinski definition) is 1. The fourth-order valence-corrected chi connectivity index (χ4v) is 2.92. The maximum Gasteiger partial charge on any atom is 0.416 e. The van der Waals surface area contributed by atoms with Crippen LogP contribution in [-0.4, -0.2) is 27.0 Å². The molecule has 0 saturated heterocycles. The van der Waals surface area contributed by atoms with Crippen LogP contribution in [0.25, 0.3) is 0 Å². The Morgan fingerprint density at radius 3 is 2.67 bits per heavy atom. The molecule has 7 heteroatoms. The fourth-order valence-electron chi connectivity index (χ4n) is 2.92. The summed E-state index contributed by atoms with van der Waals surface area (Å²) in [5, 5.41) is 9.45. The Morgan fingerprint density at radius 1 is 1.25 bits per heavy atom. The Kier molecular flexibility index (Phi) is 4.28. The van der Waals surface area contributed by atoms with Gasteiger partial charge in [0, 0.05) is 19.3 Å². The molecular weight excluding hydrogens is 321 g/mol. The monoisotopic (exact) mass is 336 g/mol. The van der Waals surface area contributed by atoms with E-state index in [0.717, 1.165) is 12.1 Å². The number of carbonyl (C=O) groups is 1. The number of carboxylic acids is 1. The zero-order valence-corrected chi connectivity index (χ0v) is 12.6. The molecule has 0 saturated carbocycles. The van der Waals surface area contributed by atoms with E-state index < -0.39 is 23.8 Å². The lowest BCUT2D eigenvalue weighted by Crippen LogP contribution is -2.45. The van der Waals surface area contributed by atoms with E-state index in [1.54, 1.807) is 29.3 Å². The largest absolute Gasteiger partial charge is 0.480 e. The lowest BCUT2D eigenvalue weighted by atomic mass is 9.92. The molecule has 0 spiro atoms. The third kappa shape index (κ3) is 3.41. The van der Waals surface area contributed by atoms with Crippen LogP contribution in [0.1, 0.15) is 22.4 Å². The van der Waals surface area contributed by atoms with Gasteiger partial charge in [0.15, 0.2) is 0 Å². The van der Waals surface area contributed by atoms with Crippen molar-refractivity contribution in [3.63, 3.8) is 0 Å². The van der Waals surface area contributed by atoms with Crippen molar-refractivity contribution in [1.29, 1.82) is 0 Å². The molecular formula is C17H15F3N2O2. The van der Waals surface area contributed by atoms with E-state index in [9.17, 15) is 23.1 Å². The van der Waals surface area contributed by atoms with Gasteiger partial charge in [0.25, 0.3) is 0 Å². The number of pyridine rings is 1. The summed E-state index contributed by atoms with van der Waals surface area (Å²) in [5.41, 5.74) is 1.12. The fraction of sp³-hybridized carbons (Fsp3) is 0.294. The molecule has 24 heavy (non-hydrogen) atoms. The van der Waals surface area contributed by atoms with Gasteiger partial charge in [-0.15, -0.1) is 0 Å². The molecule has 1 atom stereocenters. The zero-order valence-electron chi connectivity index (χ0n) is 12.6. The summed E-state index contributed by atoms with van der Waals surface area (Å²) in [7, 11) is 0. The SMILES string of the molecule is O=C(O)C1Cc2ccc(C(F)(F)F)cc2CN1Cc1ccccn1. The standard InChI is InChI=1S/C17H15F3N2O2/c18-17(19,20)13-5-4-11-8-15(16(23)24)22(9-12(11)7-13)10-14-3-1-2-6-21-14/h1-7,15H,8-10H2,(H,23,24). The Bertz CT molecular complexity index is 747. The molecule has 4 nitrogen and oxygen atoms in total. The van der Waals surface area contributed by atoms with Gasteiger partial charge >= 0.3 is 12.1 Å². The summed E-state index contributed by atoms with van der Waals surface area (Å²) in [4.78, 5) is 17.4. The second-order valence-electron chi connectivity index (χ2n) is 5.77. The molecule has 3 rings (SSSR count). The summed E-state index contributed by atoms with van der Waals surface area (Å²) < 4.78 is 38.7. The van der Waals surface area contributed by atoms with E-state index in [4.69, 9.17) is 0 Å². The molecule has 0 bridgehead atoms. The van der Waals surface area contributed by atoms with Gasteiger partial charge in [-0.25, -0.2) is 0 Å². The van der Waals surface area contributed by atoms with Crippen LogP contribution >= 0.6 is 0 Å². The van der Waals surface area contributed by atoms with Crippen molar-refractivity contribution in [3.8, 4) is 0 Å². The molecule has 0 fully saturated rings. The van der Waals surface area contributed by atoms with Crippen LogP contribution in [0.4, 0.5) is 13.2 Å². The number of fused-ring (bicyclic) bond motifs is 1. The van der Waals surface area contributed by atoms with Gasteiger partial charge in [-0.05, 0) is 41.8 Å². The first kappa shape index (κ1) is 16.4. The Morgan fingerprint density at radius 2 is 2.04 bits per heavy atom. The molecule has 1 aliphatic heterocycles. The predicted octanol–water partition coefficient (Wildman–Crippen LogP) is 3.11. The Balaban J connectivity index is 1.91. The smallest absolute Gasteiger partial charge is 0.416 e. The van der Waals surface area contributed by atoms with Crippen molar-refractivity contribution in [2.24, 2.45) is 0 Å². The lowest BCUT2D eigenvalue weighted by molar-refractivity contribution is -0.144. The summed E-state index contributed by atoms with van der Waals surface area (Å²) >= 11 is 0. The van der Waals surface area contributed by atoms with E-state index in [1.165, 1.54) is 6.07 Å². The van der Waals surface area contributed by atoms with Gasteiger partial charge in [0.2, 0.25) is 0 Å². The molecule has 1 N–H and O–H groups in total. The molecule has 1 unspecified atom stereocenters. The van der Waals surface area contributed by atoms with Crippen molar-refractivity contribution in [2.45, 2.75) is 31.7 Å². The lowest BCUT2D eigenvalue weighted by Gasteiger charge is -2.34. The van der Waals surface area contributed by atoms with Crippen LogP contribution in [0, 0.1) is 0 Å². The Labute approximate surface area is 136 Å². The summed E-state index contributed by atoms with van der Waals surface area (Å²) in [5.74, 6) is -0.989. The Hall–Kier alpha value is -2.41. The van der Waals surface area contributed by atoms with Crippen molar-refractivity contribution < 1.29 is 23.1 Å². The van der Waals surface area contributed by atoms with Crippen molar-refractivity contribution >= 4 is 5.97 Å². The van der Waals surface area contributed by atoms with Gasteiger partial charge in [-0.1, -0.05) is 12.1 Å². The first-order valence-electron chi connectivity index (χ1n) is 7.40. The number of aromatic nitrogens is 1. The second-order valence-corrected chi connectivity index (χ2v) is 5.77. The minimum atomic E-state index is -4.41. The molecule has 0 amide bonds. The number of hydrogen-bond acceptors (Lipinski definition) is 3. The number of aliphatic carboxylic acids is 1.